The van der Waals surface area contributed by atoms with E-state index < -0.39 is 0 Å². The van der Waals surface area contributed by atoms with E-state index >= 15 is 0 Å². The molecule has 0 aliphatic heterocycles. The van der Waals surface area contributed by atoms with Gasteiger partial charge in [0.2, 0.25) is 0 Å². The van der Waals surface area contributed by atoms with Gasteiger partial charge >= 0.3 is 0 Å². The standard InChI is InChI=1S/C16H20N6O/c1-5-22-15(17-9-18-22)12(4)20-16(23)14-11(3)19-13-7-6-10(2)8-21(13)14/h6-9,12H,5H2,1-4H3,(H,20,23)/t12-/m1/s1. The van der Waals surface area contributed by atoms with Crippen molar-refractivity contribution in [2.45, 2.75) is 40.3 Å². The van der Waals surface area contributed by atoms with Gasteiger partial charge in [-0.1, -0.05) is 6.07 Å². The van der Waals surface area contributed by atoms with E-state index in [1.807, 2.05) is 50.4 Å². The van der Waals surface area contributed by atoms with Crippen LogP contribution in [0.4, 0.5) is 0 Å². The summed E-state index contributed by atoms with van der Waals surface area (Å²) in [5.74, 6) is 0.572. The van der Waals surface area contributed by atoms with Gasteiger partial charge in [0.1, 0.15) is 23.5 Å². The maximum absolute atomic E-state index is 12.7. The lowest BCUT2D eigenvalue weighted by Gasteiger charge is -2.14. The lowest BCUT2D eigenvalue weighted by Crippen LogP contribution is -2.30. The van der Waals surface area contributed by atoms with E-state index in [0.29, 0.717) is 17.9 Å². The Balaban J connectivity index is 1.92. The number of aromatic nitrogens is 5. The molecule has 3 aromatic heterocycles. The van der Waals surface area contributed by atoms with Crippen LogP contribution in [0.2, 0.25) is 0 Å². The zero-order chi connectivity index (χ0) is 16.6. The predicted molar refractivity (Wildman–Crippen MR) is 86.2 cm³/mol. The number of rotatable bonds is 4. The Morgan fingerprint density at radius 3 is 2.87 bits per heavy atom. The molecule has 0 saturated carbocycles. The first kappa shape index (κ1) is 15.2. The van der Waals surface area contributed by atoms with E-state index in [0.717, 1.165) is 17.0 Å². The number of pyridine rings is 1. The smallest absolute Gasteiger partial charge is 0.270 e. The first-order valence-corrected chi connectivity index (χ1v) is 7.65. The molecular formula is C16H20N6O. The highest BCUT2D eigenvalue weighted by Gasteiger charge is 2.21. The fourth-order valence-corrected chi connectivity index (χ4v) is 2.72. The monoisotopic (exact) mass is 312 g/mol. The molecule has 0 unspecified atom stereocenters. The van der Waals surface area contributed by atoms with Crippen molar-refractivity contribution in [3.05, 3.63) is 47.4 Å². The van der Waals surface area contributed by atoms with Crippen molar-refractivity contribution in [2.75, 3.05) is 0 Å². The van der Waals surface area contributed by atoms with Crippen LogP contribution in [0.5, 0.6) is 0 Å². The minimum Gasteiger partial charge on any atom is -0.341 e. The topological polar surface area (TPSA) is 77.1 Å². The van der Waals surface area contributed by atoms with E-state index in [1.54, 1.807) is 4.68 Å². The molecule has 7 nitrogen and oxygen atoms in total. The molecule has 0 spiro atoms. The van der Waals surface area contributed by atoms with Gasteiger partial charge in [0, 0.05) is 12.7 Å². The molecule has 23 heavy (non-hydrogen) atoms. The van der Waals surface area contributed by atoms with Crippen molar-refractivity contribution < 1.29 is 4.79 Å². The summed E-state index contributed by atoms with van der Waals surface area (Å²) in [6.07, 6.45) is 3.42. The highest BCUT2D eigenvalue weighted by atomic mass is 16.2. The van der Waals surface area contributed by atoms with Gasteiger partial charge in [0.05, 0.1) is 11.7 Å². The molecule has 1 amide bonds. The molecule has 0 bridgehead atoms. The second-order valence-corrected chi connectivity index (χ2v) is 5.61. The Labute approximate surface area is 134 Å². The van der Waals surface area contributed by atoms with Crippen molar-refractivity contribution in [1.82, 2.24) is 29.5 Å². The van der Waals surface area contributed by atoms with E-state index in [-0.39, 0.29) is 11.9 Å². The van der Waals surface area contributed by atoms with Crippen LogP contribution >= 0.6 is 0 Å². The molecule has 7 heteroatoms. The molecule has 0 aromatic carbocycles. The first-order chi connectivity index (χ1) is 11.0. The number of aryl methyl sites for hydroxylation is 3. The molecule has 3 heterocycles. The second kappa shape index (κ2) is 5.83. The summed E-state index contributed by atoms with van der Waals surface area (Å²) in [6, 6.07) is 3.66. The lowest BCUT2D eigenvalue weighted by molar-refractivity contribution is 0.0931. The summed E-state index contributed by atoms with van der Waals surface area (Å²) in [4.78, 5) is 21.4. The van der Waals surface area contributed by atoms with Crippen LogP contribution in [-0.4, -0.2) is 30.1 Å². The van der Waals surface area contributed by atoms with Crippen LogP contribution < -0.4 is 5.32 Å². The summed E-state index contributed by atoms with van der Waals surface area (Å²) in [5, 5.41) is 7.13. The largest absolute Gasteiger partial charge is 0.341 e. The van der Waals surface area contributed by atoms with Crippen molar-refractivity contribution in [3.8, 4) is 0 Å². The van der Waals surface area contributed by atoms with Gasteiger partial charge in [-0.15, -0.1) is 0 Å². The van der Waals surface area contributed by atoms with Gasteiger partial charge in [0.15, 0.2) is 0 Å². The molecule has 0 aliphatic carbocycles. The number of nitrogens with one attached hydrogen (secondary N) is 1. The molecule has 3 aromatic rings. The number of fused-ring (bicyclic) bond motifs is 1. The third-order valence-electron chi connectivity index (χ3n) is 3.84. The van der Waals surface area contributed by atoms with Gasteiger partial charge in [0.25, 0.3) is 5.91 Å². The van der Waals surface area contributed by atoms with Crippen LogP contribution in [0.25, 0.3) is 5.65 Å². The maximum Gasteiger partial charge on any atom is 0.270 e. The third-order valence-corrected chi connectivity index (χ3v) is 3.84. The Hall–Kier alpha value is -2.70. The summed E-state index contributed by atoms with van der Waals surface area (Å²) < 4.78 is 3.60. The molecule has 120 valence electrons. The second-order valence-electron chi connectivity index (χ2n) is 5.61. The van der Waals surface area contributed by atoms with E-state index in [2.05, 4.69) is 20.4 Å². The summed E-state index contributed by atoms with van der Waals surface area (Å²) in [6.45, 7) is 8.44. The third kappa shape index (κ3) is 2.69. The van der Waals surface area contributed by atoms with Crippen molar-refractivity contribution in [3.63, 3.8) is 0 Å². The van der Waals surface area contributed by atoms with Gasteiger partial charge < -0.3 is 5.32 Å². The van der Waals surface area contributed by atoms with Crippen LogP contribution in [0.15, 0.2) is 24.7 Å². The Bertz CT molecular complexity index is 863. The molecule has 0 radical (unpaired) electrons. The van der Waals surface area contributed by atoms with Crippen molar-refractivity contribution in [1.29, 1.82) is 0 Å². The van der Waals surface area contributed by atoms with Gasteiger partial charge in [-0.05, 0) is 39.3 Å². The lowest BCUT2D eigenvalue weighted by atomic mass is 10.2. The van der Waals surface area contributed by atoms with Crippen LogP contribution in [0.3, 0.4) is 0 Å². The fourth-order valence-electron chi connectivity index (χ4n) is 2.72. The highest BCUT2D eigenvalue weighted by Crippen LogP contribution is 2.15. The fraction of sp³-hybridized carbons (Fsp3) is 0.375. The summed E-state index contributed by atoms with van der Waals surface area (Å²) in [5.41, 5.74) is 3.10. The molecule has 0 saturated heterocycles. The molecular weight excluding hydrogens is 292 g/mol. The SMILES string of the molecule is CCn1ncnc1[C@@H](C)NC(=O)c1c(C)nc2ccc(C)cn12. The van der Waals surface area contributed by atoms with Crippen LogP contribution in [-0.2, 0) is 6.54 Å². The summed E-state index contributed by atoms with van der Waals surface area (Å²) >= 11 is 0. The molecule has 0 fully saturated rings. The Morgan fingerprint density at radius 2 is 2.13 bits per heavy atom. The van der Waals surface area contributed by atoms with E-state index in [9.17, 15) is 4.79 Å². The normalized spacial score (nSPS) is 12.5. The van der Waals surface area contributed by atoms with Gasteiger partial charge in [-0.2, -0.15) is 5.10 Å². The summed E-state index contributed by atoms with van der Waals surface area (Å²) in [7, 11) is 0. The Morgan fingerprint density at radius 1 is 1.35 bits per heavy atom. The van der Waals surface area contributed by atoms with Crippen molar-refractivity contribution >= 4 is 11.6 Å². The average molecular weight is 312 g/mol. The van der Waals surface area contributed by atoms with E-state index in [4.69, 9.17) is 0 Å². The van der Waals surface area contributed by atoms with Gasteiger partial charge in [-0.3, -0.25) is 9.20 Å². The van der Waals surface area contributed by atoms with Crippen LogP contribution in [0, 0.1) is 13.8 Å². The number of carbonyl (C=O) groups excluding carboxylic acids is 1. The number of carbonyl (C=O) groups is 1. The number of amides is 1. The van der Waals surface area contributed by atoms with Crippen molar-refractivity contribution in [2.24, 2.45) is 0 Å². The number of hydrogen-bond donors (Lipinski definition) is 1. The highest BCUT2D eigenvalue weighted by molar-refractivity contribution is 5.94. The number of nitrogens with zero attached hydrogens (tertiary/aromatic N) is 5. The quantitative estimate of drug-likeness (QED) is 0.800. The van der Waals surface area contributed by atoms with E-state index in [1.165, 1.54) is 6.33 Å². The molecule has 3 rings (SSSR count). The molecule has 0 aliphatic rings. The number of hydrogen-bond acceptors (Lipinski definition) is 4. The van der Waals surface area contributed by atoms with Crippen LogP contribution in [0.1, 0.15) is 47.5 Å². The number of imidazole rings is 1. The Kier molecular flexibility index (Phi) is 3.85. The maximum atomic E-state index is 12.7. The first-order valence-electron chi connectivity index (χ1n) is 7.65. The van der Waals surface area contributed by atoms with Gasteiger partial charge in [-0.25, -0.2) is 14.6 Å². The zero-order valence-corrected chi connectivity index (χ0v) is 13.7. The molecule has 1 N–H and O–H groups in total. The zero-order valence-electron chi connectivity index (χ0n) is 13.7. The minimum absolute atomic E-state index is 0.168. The average Bonchev–Trinajstić information content (AvgIpc) is 3.09. The predicted octanol–water partition coefficient (Wildman–Crippen LogP) is 2.05. The minimum atomic E-state index is -0.236. The molecule has 1 atom stereocenters.